The van der Waals surface area contributed by atoms with Crippen LogP contribution in [0.3, 0.4) is 0 Å². The van der Waals surface area contributed by atoms with E-state index in [4.69, 9.17) is 0 Å². The normalized spacial score (nSPS) is 11.9. The third-order valence-electron chi connectivity index (χ3n) is 2.08. The number of imidazole rings is 1. The van der Waals surface area contributed by atoms with Gasteiger partial charge in [-0.15, -0.1) is 0 Å². The molecule has 0 aliphatic heterocycles. The standard InChI is InChI=1S/C10H9N3O2/c1-8(13(14)15)6-9-2-3-10-11-4-5-12(10)7-9/h2-7H,1H3. The molecule has 0 N–H and O–H groups in total. The van der Waals surface area contributed by atoms with Crippen LogP contribution < -0.4 is 0 Å². The maximum absolute atomic E-state index is 10.4. The second-order valence-corrected chi connectivity index (χ2v) is 3.20. The zero-order valence-electron chi connectivity index (χ0n) is 8.12. The molecule has 0 aromatic carbocycles. The molecule has 0 saturated heterocycles. The average molecular weight is 203 g/mol. The number of fused-ring (bicyclic) bond motifs is 1. The van der Waals surface area contributed by atoms with Gasteiger partial charge >= 0.3 is 0 Å². The van der Waals surface area contributed by atoms with Gasteiger partial charge in [-0.05, 0) is 17.7 Å². The van der Waals surface area contributed by atoms with Gasteiger partial charge in [0.25, 0.3) is 0 Å². The summed E-state index contributed by atoms with van der Waals surface area (Å²) in [7, 11) is 0. The van der Waals surface area contributed by atoms with Crippen molar-refractivity contribution in [2.24, 2.45) is 0 Å². The Bertz CT molecular complexity index is 542. The topological polar surface area (TPSA) is 60.4 Å². The molecule has 0 aliphatic carbocycles. The van der Waals surface area contributed by atoms with Crippen molar-refractivity contribution in [3.63, 3.8) is 0 Å². The van der Waals surface area contributed by atoms with E-state index in [1.54, 1.807) is 24.7 Å². The number of aromatic nitrogens is 2. The van der Waals surface area contributed by atoms with Crippen molar-refractivity contribution in [3.8, 4) is 0 Å². The average Bonchev–Trinajstić information content (AvgIpc) is 2.64. The molecule has 0 unspecified atom stereocenters. The van der Waals surface area contributed by atoms with Crippen molar-refractivity contribution >= 4 is 11.7 Å². The summed E-state index contributed by atoms with van der Waals surface area (Å²) in [6, 6.07) is 3.62. The molecule has 2 aromatic rings. The van der Waals surface area contributed by atoms with E-state index in [0.717, 1.165) is 11.2 Å². The zero-order valence-corrected chi connectivity index (χ0v) is 8.12. The second kappa shape index (κ2) is 3.53. The molecule has 15 heavy (non-hydrogen) atoms. The van der Waals surface area contributed by atoms with Crippen molar-refractivity contribution in [3.05, 3.63) is 52.1 Å². The molecule has 2 heterocycles. The van der Waals surface area contributed by atoms with Gasteiger partial charge in [0.2, 0.25) is 5.70 Å². The van der Waals surface area contributed by atoms with Gasteiger partial charge in [-0.3, -0.25) is 10.1 Å². The van der Waals surface area contributed by atoms with E-state index >= 15 is 0 Å². The van der Waals surface area contributed by atoms with Crippen LogP contribution in [0.15, 0.2) is 36.4 Å². The van der Waals surface area contributed by atoms with Gasteiger partial charge < -0.3 is 4.40 Å². The highest BCUT2D eigenvalue weighted by atomic mass is 16.6. The quantitative estimate of drug-likeness (QED) is 0.553. The summed E-state index contributed by atoms with van der Waals surface area (Å²) >= 11 is 0. The lowest BCUT2D eigenvalue weighted by atomic mass is 10.2. The van der Waals surface area contributed by atoms with Crippen molar-refractivity contribution in [2.75, 3.05) is 0 Å². The molecule has 0 radical (unpaired) electrons. The molecular weight excluding hydrogens is 194 g/mol. The largest absolute Gasteiger partial charge is 0.307 e. The van der Waals surface area contributed by atoms with Crippen LogP contribution in [0.2, 0.25) is 0 Å². The lowest BCUT2D eigenvalue weighted by Crippen LogP contribution is -1.93. The molecule has 0 atom stereocenters. The molecule has 5 nitrogen and oxygen atoms in total. The van der Waals surface area contributed by atoms with E-state index in [1.807, 2.05) is 10.5 Å². The van der Waals surface area contributed by atoms with E-state index in [-0.39, 0.29) is 5.70 Å². The minimum Gasteiger partial charge on any atom is -0.307 e. The first kappa shape index (κ1) is 9.39. The van der Waals surface area contributed by atoms with E-state index in [2.05, 4.69) is 4.98 Å². The number of nitro groups is 1. The summed E-state index contributed by atoms with van der Waals surface area (Å²) in [5.41, 5.74) is 1.73. The fourth-order valence-corrected chi connectivity index (χ4v) is 1.32. The highest BCUT2D eigenvalue weighted by Crippen LogP contribution is 2.09. The van der Waals surface area contributed by atoms with Crippen LogP contribution in [0, 0.1) is 10.1 Å². The predicted molar refractivity (Wildman–Crippen MR) is 55.8 cm³/mol. The second-order valence-electron chi connectivity index (χ2n) is 3.20. The third-order valence-corrected chi connectivity index (χ3v) is 2.08. The van der Waals surface area contributed by atoms with Crippen molar-refractivity contribution in [1.29, 1.82) is 0 Å². The van der Waals surface area contributed by atoms with Crippen LogP contribution in [0.5, 0.6) is 0 Å². The van der Waals surface area contributed by atoms with Crippen LogP contribution in [0.1, 0.15) is 12.5 Å². The molecule has 2 aromatic heterocycles. The Morgan fingerprint density at radius 1 is 1.60 bits per heavy atom. The number of allylic oxidation sites excluding steroid dienone is 1. The number of pyridine rings is 1. The summed E-state index contributed by atoms with van der Waals surface area (Å²) in [4.78, 5) is 14.1. The Morgan fingerprint density at radius 2 is 2.40 bits per heavy atom. The van der Waals surface area contributed by atoms with E-state index < -0.39 is 4.92 Å². The van der Waals surface area contributed by atoms with Crippen LogP contribution in [-0.2, 0) is 0 Å². The predicted octanol–water partition coefficient (Wildman–Crippen LogP) is 1.97. The first-order valence-electron chi connectivity index (χ1n) is 4.42. The number of hydrogen-bond acceptors (Lipinski definition) is 3. The fraction of sp³-hybridized carbons (Fsp3) is 0.100. The van der Waals surface area contributed by atoms with Crippen LogP contribution in [0.4, 0.5) is 0 Å². The summed E-state index contributed by atoms with van der Waals surface area (Å²) < 4.78 is 1.82. The lowest BCUT2D eigenvalue weighted by molar-refractivity contribution is -0.422. The molecule has 0 bridgehead atoms. The molecule has 0 spiro atoms. The molecule has 0 saturated carbocycles. The molecule has 0 fully saturated rings. The van der Waals surface area contributed by atoms with Gasteiger partial charge in [-0.1, -0.05) is 0 Å². The maximum atomic E-state index is 10.4. The SMILES string of the molecule is CC(=Cc1ccc2nccn2c1)[N+](=O)[O-]. The maximum Gasteiger partial charge on any atom is 0.243 e. The van der Waals surface area contributed by atoms with Gasteiger partial charge in [-0.25, -0.2) is 4.98 Å². The first-order chi connectivity index (χ1) is 7.16. The molecule has 2 rings (SSSR count). The number of rotatable bonds is 2. The third kappa shape index (κ3) is 1.85. The number of nitrogens with zero attached hydrogens (tertiary/aromatic N) is 3. The monoisotopic (exact) mass is 203 g/mol. The Balaban J connectivity index is 2.44. The summed E-state index contributed by atoms with van der Waals surface area (Å²) in [5.74, 6) is 0. The summed E-state index contributed by atoms with van der Waals surface area (Å²) in [5, 5.41) is 10.4. The minimum atomic E-state index is -0.405. The van der Waals surface area contributed by atoms with Gasteiger partial charge in [-0.2, -0.15) is 0 Å². The molecule has 0 amide bonds. The summed E-state index contributed by atoms with van der Waals surface area (Å²) in [6.45, 7) is 1.47. The van der Waals surface area contributed by atoms with E-state index in [1.165, 1.54) is 13.0 Å². The highest BCUT2D eigenvalue weighted by molar-refractivity contribution is 5.53. The molecule has 76 valence electrons. The van der Waals surface area contributed by atoms with Crippen molar-refractivity contribution < 1.29 is 4.92 Å². The van der Waals surface area contributed by atoms with E-state index in [0.29, 0.717) is 0 Å². The fourth-order valence-electron chi connectivity index (χ4n) is 1.32. The zero-order chi connectivity index (χ0) is 10.8. The first-order valence-corrected chi connectivity index (χ1v) is 4.42. The number of hydrogen-bond donors (Lipinski definition) is 0. The Morgan fingerprint density at radius 3 is 3.13 bits per heavy atom. The molecule has 0 aliphatic rings. The minimum absolute atomic E-state index is 0.120. The Labute approximate surface area is 85.8 Å². The molecular formula is C10H9N3O2. The Hall–Kier alpha value is -2.17. The van der Waals surface area contributed by atoms with Gasteiger partial charge in [0.05, 0.1) is 4.92 Å². The van der Waals surface area contributed by atoms with Gasteiger partial charge in [0.1, 0.15) is 5.65 Å². The van der Waals surface area contributed by atoms with Crippen LogP contribution in [-0.4, -0.2) is 14.3 Å². The lowest BCUT2D eigenvalue weighted by Gasteiger charge is -1.96. The summed E-state index contributed by atoms with van der Waals surface area (Å²) in [6.07, 6.45) is 6.81. The smallest absolute Gasteiger partial charge is 0.243 e. The van der Waals surface area contributed by atoms with Crippen LogP contribution in [0.25, 0.3) is 11.7 Å². The van der Waals surface area contributed by atoms with Crippen molar-refractivity contribution in [1.82, 2.24) is 9.38 Å². The van der Waals surface area contributed by atoms with Crippen molar-refractivity contribution in [2.45, 2.75) is 6.92 Å². The van der Waals surface area contributed by atoms with Gasteiger partial charge in [0, 0.05) is 31.6 Å². The highest BCUT2D eigenvalue weighted by Gasteiger charge is 2.02. The van der Waals surface area contributed by atoms with E-state index in [9.17, 15) is 10.1 Å². The van der Waals surface area contributed by atoms with Crippen LogP contribution >= 0.6 is 0 Å². The van der Waals surface area contributed by atoms with Gasteiger partial charge in [0.15, 0.2) is 0 Å². The Kier molecular flexibility index (Phi) is 2.21. The molecule has 5 heteroatoms.